The van der Waals surface area contributed by atoms with E-state index >= 15 is 0 Å². The number of piperazine rings is 1. The molecule has 23 heavy (non-hydrogen) atoms. The van der Waals surface area contributed by atoms with Crippen LogP contribution in [0.25, 0.3) is 11.4 Å². The van der Waals surface area contributed by atoms with Crippen molar-refractivity contribution in [1.82, 2.24) is 19.8 Å². The highest BCUT2D eigenvalue weighted by Crippen LogP contribution is 2.23. The molecule has 0 bridgehead atoms. The van der Waals surface area contributed by atoms with Crippen LogP contribution in [0.2, 0.25) is 0 Å². The van der Waals surface area contributed by atoms with Gasteiger partial charge in [-0.1, -0.05) is 30.3 Å². The van der Waals surface area contributed by atoms with E-state index in [0.29, 0.717) is 6.04 Å². The van der Waals surface area contributed by atoms with Crippen molar-refractivity contribution < 1.29 is 0 Å². The zero-order valence-corrected chi connectivity index (χ0v) is 13.7. The van der Waals surface area contributed by atoms with Crippen LogP contribution in [-0.4, -0.2) is 52.0 Å². The lowest BCUT2D eigenvalue weighted by Crippen LogP contribution is -2.49. The van der Waals surface area contributed by atoms with E-state index in [1.807, 2.05) is 30.3 Å². The monoisotopic (exact) mass is 309 g/mol. The van der Waals surface area contributed by atoms with E-state index in [0.717, 1.165) is 43.3 Å². The van der Waals surface area contributed by atoms with E-state index in [1.54, 1.807) is 6.20 Å². The van der Waals surface area contributed by atoms with Crippen molar-refractivity contribution >= 4 is 0 Å². The van der Waals surface area contributed by atoms with Crippen LogP contribution in [-0.2, 0) is 0 Å². The Bertz CT molecular complexity index is 662. The highest BCUT2D eigenvalue weighted by atomic mass is 15.3. The molecule has 1 unspecified atom stereocenters. The molecule has 0 amide bonds. The van der Waals surface area contributed by atoms with Crippen LogP contribution in [0.1, 0.15) is 25.6 Å². The van der Waals surface area contributed by atoms with E-state index in [2.05, 4.69) is 39.7 Å². The summed E-state index contributed by atoms with van der Waals surface area (Å²) >= 11 is 0. The summed E-state index contributed by atoms with van der Waals surface area (Å²) in [4.78, 5) is 12.5. The molecule has 0 saturated carbocycles. The molecular weight excluding hydrogens is 286 g/mol. The van der Waals surface area contributed by atoms with Crippen LogP contribution >= 0.6 is 0 Å². The second-order valence-electron chi connectivity index (χ2n) is 6.25. The van der Waals surface area contributed by atoms with Gasteiger partial charge in [-0.15, -0.1) is 0 Å². The van der Waals surface area contributed by atoms with Gasteiger partial charge in [0.15, 0.2) is 0 Å². The van der Waals surface area contributed by atoms with E-state index in [4.69, 9.17) is 0 Å². The Morgan fingerprint density at radius 2 is 1.74 bits per heavy atom. The third-order valence-electron chi connectivity index (χ3n) is 4.50. The van der Waals surface area contributed by atoms with Crippen LogP contribution < -0.4 is 0 Å². The average Bonchev–Trinajstić information content (AvgIpc) is 3.06. The number of nitrogens with one attached hydrogen (secondary N) is 1. The van der Waals surface area contributed by atoms with Gasteiger partial charge >= 0.3 is 0 Å². The summed E-state index contributed by atoms with van der Waals surface area (Å²) in [6.07, 6.45) is 1.80. The highest BCUT2D eigenvalue weighted by Gasteiger charge is 2.27. The molecule has 120 valence electrons. The fraction of sp³-hybridized carbons (Fsp3) is 0.444. The number of H-pyrrole nitrogens is 1. The van der Waals surface area contributed by atoms with E-state index < -0.39 is 0 Å². The lowest BCUT2D eigenvalue weighted by Gasteiger charge is -2.38. The van der Waals surface area contributed by atoms with Crippen molar-refractivity contribution in [2.45, 2.75) is 25.9 Å². The van der Waals surface area contributed by atoms with Gasteiger partial charge in [0.2, 0.25) is 0 Å². The van der Waals surface area contributed by atoms with Gasteiger partial charge in [0.25, 0.3) is 0 Å². The molecular formula is C18H23N5. The van der Waals surface area contributed by atoms with Crippen molar-refractivity contribution in [2.75, 3.05) is 26.2 Å². The molecule has 2 aromatic rings. The van der Waals surface area contributed by atoms with Crippen LogP contribution in [0.3, 0.4) is 0 Å². The van der Waals surface area contributed by atoms with Crippen LogP contribution in [0.4, 0.5) is 0 Å². The molecule has 5 nitrogen and oxygen atoms in total. The minimum Gasteiger partial charge on any atom is -0.340 e. The summed E-state index contributed by atoms with van der Waals surface area (Å²) in [5, 5.41) is 9.63. The fourth-order valence-corrected chi connectivity index (χ4v) is 3.08. The van der Waals surface area contributed by atoms with Gasteiger partial charge in [-0.3, -0.25) is 9.80 Å². The number of benzene rings is 1. The summed E-state index contributed by atoms with van der Waals surface area (Å²) in [5.74, 6) is 0.821. The number of aromatic nitrogens is 2. The number of rotatable bonds is 4. The second kappa shape index (κ2) is 6.95. The molecule has 0 aliphatic carbocycles. The Kier molecular flexibility index (Phi) is 4.75. The average molecular weight is 309 g/mol. The zero-order chi connectivity index (χ0) is 16.2. The predicted octanol–water partition coefficient (Wildman–Crippen LogP) is 2.67. The number of hydrogen-bond donors (Lipinski definition) is 1. The number of hydrogen-bond acceptors (Lipinski definition) is 4. The molecule has 0 spiro atoms. The maximum absolute atomic E-state index is 9.63. The van der Waals surface area contributed by atoms with Crippen molar-refractivity contribution in [3.8, 4) is 17.5 Å². The van der Waals surface area contributed by atoms with Crippen molar-refractivity contribution in [1.29, 1.82) is 5.26 Å². The van der Waals surface area contributed by atoms with Gasteiger partial charge in [0.05, 0.1) is 18.0 Å². The summed E-state index contributed by atoms with van der Waals surface area (Å²) in [6, 6.07) is 12.7. The standard InChI is InChI=1S/C18H23N5/c1-14(2)22-8-10-23(11-9-22)17(12-19)16-13-20-18(21-16)15-6-4-3-5-7-15/h3-7,13-14,17H,8-11H2,1-2H3,(H,20,21). The summed E-state index contributed by atoms with van der Waals surface area (Å²) in [7, 11) is 0. The van der Waals surface area contributed by atoms with Gasteiger partial charge in [-0.05, 0) is 13.8 Å². The molecule has 3 rings (SSSR count). The molecule has 1 fully saturated rings. The first-order valence-electron chi connectivity index (χ1n) is 8.17. The Hall–Kier alpha value is -2.16. The molecule has 2 heterocycles. The smallest absolute Gasteiger partial charge is 0.140 e. The predicted molar refractivity (Wildman–Crippen MR) is 90.7 cm³/mol. The molecule has 1 saturated heterocycles. The lowest BCUT2D eigenvalue weighted by atomic mass is 10.1. The van der Waals surface area contributed by atoms with Crippen molar-refractivity contribution in [3.63, 3.8) is 0 Å². The Balaban J connectivity index is 1.73. The molecule has 1 aliphatic heterocycles. The summed E-state index contributed by atoms with van der Waals surface area (Å²) in [5.41, 5.74) is 1.92. The van der Waals surface area contributed by atoms with Gasteiger partial charge in [-0.2, -0.15) is 5.26 Å². The fourth-order valence-electron chi connectivity index (χ4n) is 3.08. The molecule has 5 heteroatoms. The first kappa shape index (κ1) is 15.7. The first-order valence-corrected chi connectivity index (χ1v) is 8.17. The van der Waals surface area contributed by atoms with E-state index in [1.165, 1.54) is 0 Å². The van der Waals surface area contributed by atoms with Crippen LogP contribution in [0.15, 0.2) is 36.5 Å². The normalized spacial score (nSPS) is 18.0. The van der Waals surface area contributed by atoms with E-state index in [9.17, 15) is 5.26 Å². The number of nitrogens with zero attached hydrogens (tertiary/aromatic N) is 4. The van der Waals surface area contributed by atoms with Gasteiger partial charge in [0, 0.05) is 37.8 Å². The number of imidazole rings is 1. The number of aromatic amines is 1. The quantitative estimate of drug-likeness (QED) is 0.943. The maximum Gasteiger partial charge on any atom is 0.140 e. The topological polar surface area (TPSA) is 58.9 Å². The Morgan fingerprint density at radius 1 is 1.09 bits per heavy atom. The SMILES string of the molecule is CC(C)N1CCN(C(C#N)c2cnc(-c3ccccc3)[nH]2)CC1. The molecule has 1 aromatic carbocycles. The Morgan fingerprint density at radius 3 is 2.35 bits per heavy atom. The van der Waals surface area contributed by atoms with Gasteiger partial charge in [0.1, 0.15) is 11.9 Å². The third-order valence-corrected chi connectivity index (χ3v) is 4.50. The molecule has 1 aliphatic rings. The second-order valence-corrected chi connectivity index (χ2v) is 6.25. The van der Waals surface area contributed by atoms with Crippen molar-refractivity contribution in [3.05, 3.63) is 42.2 Å². The summed E-state index contributed by atoms with van der Waals surface area (Å²) < 4.78 is 0. The molecule has 1 N–H and O–H groups in total. The minimum atomic E-state index is -0.255. The molecule has 1 atom stereocenters. The van der Waals surface area contributed by atoms with Crippen molar-refractivity contribution in [2.24, 2.45) is 0 Å². The van der Waals surface area contributed by atoms with Crippen LogP contribution in [0, 0.1) is 11.3 Å². The Labute approximate surface area is 137 Å². The third kappa shape index (κ3) is 3.44. The maximum atomic E-state index is 9.63. The zero-order valence-electron chi connectivity index (χ0n) is 13.7. The largest absolute Gasteiger partial charge is 0.340 e. The lowest BCUT2D eigenvalue weighted by molar-refractivity contribution is 0.0922. The van der Waals surface area contributed by atoms with Crippen LogP contribution in [0.5, 0.6) is 0 Å². The number of nitriles is 1. The van der Waals surface area contributed by atoms with Gasteiger partial charge < -0.3 is 4.98 Å². The highest BCUT2D eigenvalue weighted by molar-refractivity contribution is 5.55. The van der Waals surface area contributed by atoms with Gasteiger partial charge in [-0.25, -0.2) is 4.98 Å². The van der Waals surface area contributed by atoms with E-state index in [-0.39, 0.29) is 6.04 Å². The molecule has 0 radical (unpaired) electrons. The minimum absolute atomic E-state index is 0.255. The first-order chi connectivity index (χ1) is 11.2. The summed E-state index contributed by atoms with van der Waals surface area (Å²) in [6.45, 7) is 8.29. The molecule has 1 aromatic heterocycles.